The highest BCUT2D eigenvalue weighted by molar-refractivity contribution is 8.00. The first-order chi connectivity index (χ1) is 10.2. The Morgan fingerprint density at radius 3 is 2.81 bits per heavy atom. The maximum absolute atomic E-state index is 12.2. The van der Waals surface area contributed by atoms with Crippen LogP contribution in [-0.2, 0) is 7.05 Å². The second-order valence-electron chi connectivity index (χ2n) is 5.38. The van der Waals surface area contributed by atoms with Crippen molar-refractivity contribution >= 4 is 23.4 Å². The van der Waals surface area contributed by atoms with Gasteiger partial charge < -0.3 is 5.32 Å². The minimum atomic E-state index is -0.109. The van der Waals surface area contributed by atoms with Gasteiger partial charge >= 0.3 is 0 Å². The first kappa shape index (κ1) is 14.2. The van der Waals surface area contributed by atoms with Crippen molar-refractivity contribution in [2.24, 2.45) is 7.05 Å². The Balaban J connectivity index is 1.73. The summed E-state index contributed by atoms with van der Waals surface area (Å²) in [7, 11) is 1.81. The molecule has 4 nitrogen and oxygen atoms in total. The van der Waals surface area contributed by atoms with E-state index in [1.807, 2.05) is 30.0 Å². The van der Waals surface area contributed by atoms with Crippen molar-refractivity contribution in [1.29, 1.82) is 0 Å². The first-order valence-corrected chi connectivity index (χ1v) is 8.16. The molecule has 0 saturated heterocycles. The van der Waals surface area contributed by atoms with Crippen LogP contribution in [0.4, 0.5) is 5.69 Å². The molecule has 21 heavy (non-hydrogen) atoms. The van der Waals surface area contributed by atoms with Crippen molar-refractivity contribution in [3.8, 4) is 0 Å². The number of carbonyl (C=O) groups excluding carboxylic acids is 1. The van der Waals surface area contributed by atoms with E-state index < -0.39 is 0 Å². The second-order valence-corrected chi connectivity index (χ2v) is 6.72. The lowest BCUT2D eigenvalue weighted by molar-refractivity contribution is 0.102. The molecule has 1 aromatic heterocycles. The Labute approximate surface area is 128 Å². The topological polar surface area (TPSA) is 46.9 Å². The smallest absolute Gasteiger partial charge is 0.258 e. The summed E-state index contributed by atoms with van der Waals surface area (Å²) >= 11 is 1.88. The molecular weight excluding hydrogens is 282 g/mol. The largest absolute Gasteiger partial charge is 0.321 e. The molecule has 0 atom stereocenters. The molecule has 1 N–H and O–H groups in total. The van der Waals surface area contributed by atoms with Crippen LogP contribution in [0, 0.1) is 0 Å². The number of aryl methyl sites for hydroxylation is 1. The van der Waals surface area contributed by atoms with Crippen LogP contribution in [-0.4, -0.2) is 20.9 Å². The monoisotopic (exact) mass is 301 g/mol. The molecule has 2 aromatic rings. The number of hydrogen-bond acceptors (Lipinski definition) is 3. The Bertz CT molecular complexity index is 632. The zero-order chi connectivity index (χ0) is 14.7. The first-order valence-electron chi connectivity index (χ1n) is 7.28. The lowest BCUT2D eigenvalue weighted by Crippen LogP contribution is -2.12. The zero-order valence-electron chi connectivity index (χ0n) is 12.1. The van der Waals surface area contributed by atoms with E-state index in [2.05, 4.69) is 16.5 Å². The maximum Gasteiger partial charge on any atom is 0.258 e. The number of benzene rings is 1. The van der Waals surface area contributed by atoms with Crippen molar-refractivity contribution in [3.05, 3.63) is 42.2 Å². The SMILES string of the molecule is Cn1cc(C(=O)Nc2ccccc2SC2CCCC2)cn1. The van der Waals surface area contributed by atoms with Crippen LogP contribution >= 0.6 is 11.8 Å². The molecule has 3 rings (SSSR count). The molecule has 1 aliphatic carbocycles. The van der Waals surface area contributed by atoms with Gasteiger partial charge in [0.05, 0.1) is 17.4 Å². The van der Waals surface area contributed by atoms with E-state index in [0.29, 0.717) is 10.8 Å². The minimum absolute atomic E-state index is 0.109. The van der Waals surface area contributed by atoms with E-state index in [0.717, 1.165) is 10.6 Å². The molecule has 0 aliphatic heterocycles. The molecule has 110 valence electrons. The number of anilines is 1. The highest BCUT2D eigenvalue weighted by atomic mass is 32.2. The third-order valence-corrected chi connectivity index (χ3v) is 5.11. The molecule has 0 spiro atoms. The predicted molar refractivity (Wildman–Crippen MR) is 85.7 cm³/mol. The average molecular weight is 301 g/mol. The predicted octanol–water partition coefficient (Wildman–Crippen LogP) is 3.71. The Morgan fingerprint density at radius 2 is 2.10 bits per heavy atom. The lowest BCUT2D eigenvalue weighted by Gasteiger charge is -2.13. The fourth-order valence-corrected chi connectivity index (χ4v) is 3.92. The third kappa shape index (κ3) is 3.47. The van der Waals surface area contributed by atoms with E-state index in [1.54, 1.807) is 24.1 Å². The van der Waals surface area contributed by atoms with Crippen molar-refractivity contribution in [1.82, 2.24) is 9.78 Å². The highest BCUT2D eigenvalue weighted by Crippen LogP contribution is 2.38. The number of rotatable bonds is 4. The van der Waals surface area contributed by atoms with Gasteiger partial charge in [-0.2, -0.15) is 5.10 Å². The molecule has 0 bridgehead atoms. The zero-order valence-corrected chi connectivity index (χ0v) is 12.9. The van der Waals surface area contributed by atoms with E-state index >= 15 is 0 Å². The normalized spacial score (nSPS) is 15.3. The highest BCUT2D eigenvalue weighted by Gasteiger charge is 2.18. The summed E-state index contributed by atoms with van der Waals surface area (Å²) in [5.74, 6) is -0.109. The second kappa shape index (κ2) is 6.35. The Morgan fingerprint density at radius 1 is 1.33 bits per heavy atom. The fraction of sp³-hybridized carbons (Fsp3) is 0.375. The quantitative estimate of drug-likeness (QED) is 0.936. The number of amides is 1. The van der Waals surface area contributed by atoms with Gasteiger partial charge in [-0.05, 0) is 25.0 Å². The van der Waals surface area contributed by atoms with Gasteiger partial charge in [-0.1, -0.05) is 25.0 Å². The van der Waals surface area contributed by atoms with E-state index in [4.69, 9.17) is 0 Å². The number of thioether (sulfide) groups is 1. The van der Waals surface area contributed by atoms with E-state index in [-0.39, 0.29) is 5.91 Å². The summed E-state index contributed by atoms with van der Waals surface area (Å²) in [5, 5.41) is 7.72. The van der Waals surface area contributed by atoms with E-state index in [1.165, 1.54) is 25.7 Å². The summed E-state index contributed by atoms with van der Waals surface area (Å²) in [6.07, 6.45) is 8.50. The molecule has 1 aliphatic rings. The summed E-state index contributed by atoms with van der Waals surface area (Å²) < 4.78 is 1.63. The molecular formula is C16H19N3OS. The van der Waals surface area contributed by atoms with Crippen LogP contribution in [0.5, 0.6) is 0 Å². The third-order valence-electron chi connectivity index (χ3n) is 3.70. The number of para-hydroxylation sites is 1. The van der Waals surface area contributed by atoms with Crippen LogP contribution in [0.3, 0.4) is 0 Å². The molecule has 5 heteroatoms. The minimum Gasteiger partial charge on any atom is -0.321 e. The number of aromatic nitrogens is 2. The maximum atomic E-state index is 12.2. The number of carbonyl (C=O) groups is 1. The van der Waals surface area contributed by atoms with Crippen molar-refractivity contribution in [2.75, 3.05) is 5.32 Å². The summed E-state index contributed by atoms with van der Waals surface area (Å²) in [6.45, 7) is 0. The summed E-state index contributed by atoms with van der Waals surface area (Å²) in [5.41, 5.74) is 1.47. The number of nitrogens with one attached hydrogen (secondary N) is 1. The van der Waals surface area contributed by atoms with Gasteiger partial charge in [0.1, 0.15) is 0 Å². The molecule has 1 fully saturated rings. The van der Waals surface area contributed by atoms with Gasteiger partial charge in [-0.15, -0.1) is 11.8 Å². The van der Waals surface area contributed by atoms with Crippen molar-refractivity contribution in [2.45, 2.75) is 35.8 Å². The Kier molecular flexibility index (Phi) is 4.29. The Hall–Kier alpha value is -1.75. The van der Waals surface area contributed by atoms with Crippen LogP contribution in [0.2, 0.25) is 0 Å². The molecule has 0 radical (unpaired) electrons. The lowest BCUT2D eigenvalue weighted by atomic mass is 10.3. The number of nitrogens with zero attached hydrogens (tertiary/aromatic N) is 2. The number of hydrogen-bond donors (Lipinski definition) is 1. The van der Waals surface area contributed by atoms with Crippen molar-refractivity contribution < 1.29 is 4.79 Å². The van der Waals surface area contributed by atoms with Crippen LogP contribution in [0.15, 0.2) is 41.6 Å². The van der Waals surface area contributed by atoms with Gasteiger partial charge in [0.25, 0.3) is 5.91 Å². The van der Waals surface area contributed by atoms with Gasteiger partial charge in [0.15, 0.2) is 0 Å². The van der Waals surface area contributed by atoms with Gasteiger partial charge in [0.2, 0.25) is 0 Å². The van der Waals surface area contributed by atoms with Crippen LogP contribution in [0.25, 0.3) is 0 Å². The standard InChI is InChI=1S/C16H19N3OS/c1-19-11-12(10-17-19)16(20)18-14-8-4-5-9-15(14)21-13-6-2-3-7-13/h4-5,8-11,13H,2-3,6-7H2,1H3,(H,18,20). The summed E-state index contributed by atoms with van der Waals surface area (Å²) in [6, 6.07) is 8.03. The molecule has 0 unspecified atom stereocenters. The van der Waals surface area contributed by atoms with E-state index in [9.17, 15) is 4.79 Å². The fourth-order valence-electron chi connectivity index (χ4n) is 2.59. The average Bonchev–Trinajstić information content (AvgIpc) is 3.12. The molecule has 1 aromatic carbocycles. The van der Waals surface area contributed by atoms with Crippen molar-refractivity contribution in [3.63, 3.8) is 0 Å². The van der Waals surface area contributed by atoms with Gasteiger partial charge in [0, 0.05) is 23.4 Å². The molecule has 1 amide bonds. The van der Waals surface area contributed by atoms with Crippen LogP contribution < -0.4 is 5.32 Å². The molecule has 1 saturated carbocycles. The van der Waals surface area contributed by atoms with Gasteiger partial charge in [-0.25, -0.2) is 0 Å². The molecule has 1 heterocycles. The van der Waals surface area contributed by atoms with Crippen LogP contribution in [0.1, 0.15) is 36.0 Å². The van der Waals surface area contributed by atoms with Gasteiger partial charge in [-0.3, -0.25) is 9.48 Å². The summed E-state index contributed by atoms with van der Waals surface area (Å²) in [4.78, 5) is 13.4.